The molecule has 1 aliphatic rings. The highest BCUT2D eigenvalue weighted by Gasteiger charge is 2.35. The molecule has 0 radical (unpaired) electrons. The van der Waals surface area contributed by atoms with Crippen molar-refractivity contribution in [2.24, 2.45) is 5.41 Å². The molecule has 1 fully saturated rings. The number of oxazole rings is 1. The van der Waals surface area contributed by atoms with Crippen LogP contribution in [0.15, 0.2) is 17.1 Å². The van der Waals surface area contributed by atoms with E-state index in [1.165, 1.54) is 6.39 Å². The number of aromatic nitrogens is 1. The van der Waals surface area contributed by atoms with Crippen LogP contribution in [0.1, 0.15) is 39.3 Å². The molecule has 0 unspecified atom stereocenters. The van der Waals surface area contributed by atoms with Gasteiger partial charge in [-0.15, -0.1) is 0 Å². The molecule has 6 heteroatoms. The van der Waals surface area contributed by atoms with Crippen molar-refractivity contribution in [1.29, 1.82) is 0 Å². The summed E-state index contributed by atoms with van der Waals surface area (Å²) in [4.78, 5) is 18.0. The van der Waals surface area contributed by atoms with E-state index in [1.807, 2.05) is 20.8 Å². The number of hydrogen-bond acceptors (Lipinski definition) is 4. The lowest BCUT2D eigenvalue weighted by atomic mass is 9.91. The molecule has 2 rings (SSSR count). The van der Waals surface area contributed by atoms with Gasteiger partial charge in [-0.05, 0) is 12.8 Å². The zero-order valence-corrected chi connectivity index (χ0v) is 13.0. The fourth-order valence-electron chi connectivity index (χ4n) is 2.34. The van der Waals surface area contributed by atoms with Gasteiger partial charge in [0.05, 0.1) is 12.2 Å². The SMILES string of the molecule is CC(C)(C)C(=O)NCC1(F)CCN(Cc2cocn2)CC1. The third-order valence-electron chi connectivity index (χ3n) is 3.87. The number of amides is 1. The van der Waals surface area contributed by atoms with E-state index in [-0.39, 0.29) is 12.5 Å². The molecule has 0 aliphatic carbocycles. The minimum atomic E-state index is -1.30. The lowest BCUT2D eigenvalue weighted by Gasteiger charge is -2.36. The first-order chi connectivity index (χ1) is 9.78. The van der Waals surface area contributed by atoms with E-state index in [0.29, 0.717) is 32.5 Å². The lowest BCUT2D eigenvalue weighted by molar-refractivity contribution is -0.129. The molecule has 0 saturated carbocycles. The highest BCUT2D eigenvalue weighted by atomic mass is 19.1. The number of piperidine rings is 1. The Morgan fingerprint density at radius 3 is 2.67 bits per heavy atom. The summed E-state index contributed by atoms with van der Waals surface area (Å²) < 4.78 is 19.6. The van der Waals surface area contributed by atoms with E-state index in [9.17, 15) is 9.18 Å². The zero-order valence-electron chi connectivity index (χ0n) is 13.0. The molecule has 2 heterocycles. The van der Waals surface area contributed by atoms with E-state index >= 15 is 0 Å². The molecule has 0 atom stereocenters. The second kappa shape index (κ2) is 6.13. The molecular formula is C15H24FN3O2. The van der Waals surface area contributed by atoms with Crippen LogP contribution < -0.4 is 5.32 Å². The van der Waals surface area contributed by atoms with Gasteiger partial charge in [-0.3, -0.25) is 9.69 Å². The van der Waals surface area contributed by atoms with Crippen LogP contribution in [0.5, 0.6) is 0 Å². The maximum Gasteiger partial charge on any atom is 0.225 e. The summed E-state index contributed by atoms with van der Waals surface area (Å²) in [6, 6.07) is 0. The molecular weight excluding hydrogens is 273 g/mol. The lowest BCUT2D eigenvalue weighted by Crippen LogP contribution is -2.49. The van der Waals surface area contributed by atoms with Crippen molar-refractivity contribution in [3.63, 3.8) is 0 Å². The molecule has 1 N–H and O–H groups in total. The van der Waals surface area contributed by atoms with Crippen LogP contribution in [0.4, 0.5) is 4.39 Å². The Kier molecular flexibility index (Phi) is 4.66. The minimum Gasteiger partial charge on any atom is -0.451 e. The maximum absolute atomic E-state index is 14.7. The quantitative estimate of drug-likeness (QED) is 0.925. The second-order valence-corrected chi connectivity index (χ2v) is 6.84. The molecule has 0 spiro atoms. The van der Waals surface area contributed by atoms with E-state index in [1.54, 1.807) is 6.26 Å². The first-order valence-electron chi connectivity index (χ1n) is 7.35. The first-order valence-corrected chi connectivity index (χ1v) is 7.35. The van der Waals surface area contributed by atoms with Gasteiger partial charge in [0, 0.05) is 25.0 Å². The molecule has 0 bridgehead atoms. The molecule has 21 heavy (non-hydrogen) atoms. The molecule has 1 aromatic heterocycles. The largest absolute Gasteiger partial charge is 0.451 e. The third kappa shape index (κ3) is 4.52. The van der Waals surface area contributed by atoms with Gasteiger partial charge >= 0.3 is 0 Å². The fraction of sp³-hybridized carbons (Fsp3) is 0.733. The summed E-state index contributed by atoms with van der Waals surface area (Å²) in [5.74, 6) is -0.107. The predicted octanol–water partition coefficient (Wildman–Crippen LogP) is 2.14. The summed E-state index contributed by atoms with van der Waals surface area (Å²) in [5.41, 5.74) is -0.923. The number of nitrogens with zero attached hydrogens (tertiary/aromatic N) is 2. The van der Waals surface area contributed by atoms with Crippen LogP contribution in [-0.2, 0) is 11.3 Å². The topological polar surface area (TPSA) is 58.4 Å². The average molecular weight is 297 g/mol. The van der Waals surface area contributed by atoms with Gasteiger partial charge in [-0.2, -0.15) is 0 Å². The van der Waals surface area contributed by atoms with Crippen molar-refractivity contribution < 1.29 is 13.6 Å². The summed E-state index contributed by atoms with van der Waals surface area (Å²) in [7, 11) is 0. The van der Waals surface area contributed by atoms with Gasteiger partial charge in [0.15, 0.2) is 6.39 Å². The number of likely N-dealkylation sites (tertiary alicyclic amines) is 1. The minimum absolute atomic E-state index is 0.0981. The Morgan fingerprint density at radius 2 is 2.14 bits per heavy atom. The Balaban J connectivity index is 1.78. The fourth-order valence-corrected chi connectivity index (χ4v) is 2.34. The molecule has 5 nitrogen and oxygen atoms in total. The number of rotatable bonds is 4. The smallest absolute Gasteiger partial charge is 0.225 e. The predicted molar refractivity (Wildman–Crippen MR) is 77.3 cm³/mol. The Labute approximate surface area is 124 Å². The van der Waals surface area contributed by atoms with E-state index < -0.39 is 11.1 Å². The molecule has 1 aromatic rings. The normalized spacial score (nSPS) is 19.4. The number of halogens is 1. The number of carbonyl (C=O) groups is 1. The first kappa shape index (κ1) is 15.9. The van der Waals surface area contributed by atoms with Gasteiger partial charge in [0.25, 0.3) is 0 Å². The second-order valence-electron chi connectivity index (χ2n) is 6.84. The molecule has 118 valence electrons. The molecule has 1 saturated heterocycles. The van der Waals surface area contributed by atoms with E-state index in [4.69, 9.17) is 4.42 Å². The molecule has 0 aromatic carbocycles. The van der Waals surface area contributed by atoms with Gasteiger partial charge in [0.2, 0.25) is 5.91 Å². The zero-order chi connectivity index (χ0) is 15.5. The van der Waals surface area contributed by atoms with Crippen LogP contribution in [-0.4, -0.2) is 41.1 Å². The Hall–Kier alpha value is -1.43. The Morgan fingerprint density at radius 1 is 1.48 bits per heavy atom. The van der Waals surface area contributed by atoms with E-state index in [0.717, 1.165) is 5.69 Å². The van der Waals surface area contributed by atoms with Crippen molar-refractivity contribution >= 4 is 5.91 Å². The number of nitrogens with one attached hydrogen (secondary N) is 1. The number of carbonyl (C=O) groups excluding carboxylic acids is 1. The van der Waals surface area contributed by atoms with Gasteiger partial charge in [-0.1, -0.05) is 20.8 Å². The van der Waals surface area contributed by atoms with Crippen LogP contribution in [0.25, 0.3) is 0 Å². The third-order valence-corrected chi connectivity index (χ3v) is 3.87. The molecule has 1 amide bonds. The summed E-state index contributed by atoms with van der Waals surface area (Å²) >= 11 is 0. The van der Waals surface area contributed by atoms with Crippen LogP contribution >= 0.6 is 0 Å². The van der Waals surface area contributed by atoms with Gasteiger partial charge in [0.1, 0.15) is 11.9 Å². The van der Waals surface area contributed by atoms with Crippen molar-refractivity contribution in [2.75, 3.05) is 19.6 Å². The van der Waals surface area contributed by atoms with Crippen LogP contribution in [0.3, 0.4) is 0 Å². The van der Waals surface area contributed by atoms with Crippen molar-refractivity contribution in [3.8, 4) is 0 Å². The number of hydrogen-bond donors (Lipinski definition) is 1. The number of alkyl halides is 1. The van der Waals surface area contributed by atoms with E-state index in [2.05, 4.69) is 15.2 Å². The van der Waals surface area contributed by atoms with Crippen molar-refractivity contribution in [2.45, 2.75) is 45.8 Å². The van der Waals surface area contributed by atoms with Crippen molar-refractivity contribution in [3.05, 3.63) is 18.4 Å². The highest BCUT2D eigenvalue weighted by Crippen LogP contribution is 2.27. The average Bonchev–Trinajstić information content (AvgIpc) is 2.91. The monoisotopic (exact) mass is 297 g/mol. The maximum atomic E-state index is 14.7. The van der Waals surface area contributed by atoms with Gasteiger partial charge in [-0.25, -0.2) is 9.37 Å². The van der Waals surface area contributed by atoms with Crippen molar-refractivity contribution in [1.82, 2.24) is 15.2 Å². The van der Waals surface area contributed by atoms with Crippen LogP contribution in [0.2, 0.25) is 0 Å². The summed E-state index contributed by atoms with van der Waals surface area (Å²) in [6.45, 7) is 7.58. The summed E-state index contributed by atoms with van der Waals surface area (Å²) in [6.07, 6.45) is 3.87. The highest BCUT2D eigenvalue weighted by molar-refractivity contribution is 5.81. The van der Waals surface area contributed by atoms with Crippen LogP contribution in [0, 0.1) is 5.41 Å². The Bertz CT molecular complexity index is 460. The standard InChI is InChI=1S/C15H24FN3O2/c1-14(2,3)13(20)17-10-15(16)4-6-19(7-5-15)8-12-9-21-11-18-12/h9,11H,4-8,10H2,1-3H3,(H,17,20). The molecule has 1 aliphatic heterocycles. The summed E-state index contributed by atoms with van der Waals surface area (Å²) in [5, 5.41) is 2.73. The van der Waals surface area contributed by atoms with Gasteiger partial charge < -0.3 is 9.73 Å².